The summed E-state index contributed by atoms with van der Waals surface area (Å²) in [5.41, 5.74) is 0.367. The number of sulfonamides is 1. The van der Waals surface area contributed by atoms with E-state index < -0.39 is 14.9 Å². The Morgan fingerprint density at radius 3 is 2.38 bits per heavy atom. The van der Waals surface area contributed by atoms with E-state index in [1.54, 1.807) is 31.3 Å². The summed E-state index contributed by atoms with van der Waals surface area (Å²) in [5, 5.41) is 12.0. The van der Waals surface area contributed by atoms with Crippen molar-refractivity contribution in [3.8, 4) is 0 Å². The van der Waals surface area contributed by atoms with Gasteiger partial charge in [-0.25, -0.2) is 8.42 Å². The van der Waals surface area contributed by atoms with Crippen molar-refractivity contribution in [3.05, 3.63) is 64.7 Å². The Morgan fingerprint density at radius 2 is 1.76 bits per heavy atom. The summed E-state index contributed by atoms with van der Waals surface area (Å²) in [5.74, 6) is 0. The largest absolute Gasteiger partial charge is 0.298 e. The average Bonchev–Trinajstić information content (AvgIpc) is 2.48. The number of non-ortho nitro benzene ring substituents is 1. The van der Waals surface area contributed by atoms with Crippen LogP contribution < -0.4 is 9.84 Å². The van der Waals surface area contributed by atoms with E-state index in [9.17, 15) is 18.5 Å². The van der Waals surface area contributed by atoms with Crippen molar-refractivity contribution >= 4 is 21.4 Å². The summed E-state index contributed by atoms with van der Waals surface area (Å²) in [4.78, 5) is 12.2. The van der Waals surface area contributed by atoms with Gasteiger partial charge in [-0.15, -0.1) is 4.83 Å². The van der Waals surface area contributed by atoms with E-state index in [0.29, 0.717) is 5.69 Å². The van der Waals surface area contributed by atoms with Crippen LogP contribution in [0.4, 0.5) is 11.4 Å². The van der Waals surface area contributed by atoms with E-state index in [4.69, 9.17) is 0 Å². The SMILES string of the molecule is CN(NS(=O)(=O)c1cccc([N+](=O)[O-])c1)c1ccccc1. The number of rotatable bonds is 5. The molecule has 0 spiro atoms. The highest BCUT2D eigenvalue weighted by Gasteiger charge is 2.19. The zero-order valence-corrected chi connectivity index (χ0v) is 11.9. The predicted molar refractivity (Wildman–Crippen MR) is 78.3 cm³/mol. The summed E-state index contributed by atoms with van der Waals surface area (Å²) in [7, 11) is -2.35. The number of para-hydroxylation sites is 1. The van der Waals surface area contributed by atoms with Crippen LogP contribution in [0, 0.1) is 10.1 Å². The number of hydrogen-bond acceptors (Lipinski definition) is 5. The van der Waals surface area contributed by atoms with Crippen molar-refractivity contribution in [2.75, 3.05) is 12.1 Å². The monoisotopic (exact) mass is 307 g/mol. The Labute approximate surface area is 122 Å². The lowest BCUT2D eigenvalue weighted by molar-refractivity contribution is -0.385. The number of hydrazine groups is 1. The average molecular weight is 307 g/mol. The van der Waals surface area contributed by atoms with Crippen LogP contribution in [0.1, 0.15) is 0 Å². The molecule has 0 bridgehead atoms. The molecule has 0 radical (unpaired) electrons. The van der Waals surface area contributed by atoms with Gasteiger partial charge in [-0.05, 0) is 18.2 Å². The fraction of sp³-hybridized carbons (Fsp3) is 0.0769. The lowest BCUT2D eigenvalue weighted by atomic mass is 10.3. The molecule has 2 aromatic rings. The van der Waals surface area contributed by atoms with E-state index in [2.05, 4.69) is 4.83 Å². The first-order valence-corrected chi connectivity index (χ1v) is 7.44. The number of hydrogen-bond donors (Lipinski definition) is 1. The van der Waals surface area contributed by atoms with Gasteiger partial charge in [0.2, 0.25) is 0 Å². The highest BCUT2D eigenvalue weighted by molar-refractivity contribution is 7.89. The normalized spacial score (nSPS) is 11.1. The molecule has 0 atom stereocenters. The van der Waals surface area contributed by atoms with E-state index >= 15 is 0 Å². The summed E-state index contributed by atoms with van der Waals surface area (Å²) in [6.45, 7) is 0. The molecule has 8 heteroatoms. The van der Waals surface area contributed by atoms with Crippen LogP contribution in [0.3, 0.4) is 0 Å². The number of nitrogens with zero attached hydrogens (tertiary/aromatic N) is 2. The molecule has 7 nitrogen and oxygen atoms in total. The molecule has 0 saturated heterocycles. The molecule has 0 aliphatic carbocycles. The van der Waals surface area contributed by atoms with Gasteiger partial charge in [0, 0.05) is 19.2 Å². The Morgan fingerprint density at radius 1 is 1.10 bits per heavy atom. The summed E-state index contributed by atoms with van der Waals surface area (Å²) in [6, 6.07) is 13.7. The van der Waals surface area contributed by atoms with Crippen LogP contribution in [0.2, 0.25) is 0 Å². The van der Waals surface area contributed by atoms with Gasteiger partial charge in [-0.2, -0.15) is 0 Å². The molecule has 21 heavy (non-hydrogen) atoms. The van der Waals surface area contributed by atoms with Gasteiger partial charge in [-0.1, -0.05) is 24.3 Å². The van der Waals surface area contributed by atoms with Crippen molar-refractivity contribution in [1.82, 2.24) is 4.83 Å². The van der Waals surface area contributed by atoms with E-state index in [-0.39, 0.29) is 10.6 Å². The third kappa shape index (κ3) is 3.56. The van der Waals surface area contributed by atoms with Crippen LogP contribution >= 0.6 is 0 Å². The van der Waals surface area contributed by atoms with E-state index in [1.807, 2.05) is 6.07 Å². The first-order chi connectivity index (χ1) is 9.90. The lowest BCUT2D eigenvalue weighted by Gasteiger charge is -2.20. The van der Waals surface area contributed by atoms with Crippen molar-refractivity contribution < 1.29 is 13.3 Å². The van der Waals surface area contributed by atoms with Crippen LogP contribution in [0.25, 0.3) is 0 Å². The van der Waals surface area contributed by atoms with Gasteiger partial charge in [0.1, 0.15) is 0 Å². The smallest absolute Gasteiger partial charge is 0.270 e. The molecule has 2 aromatic carbocycles. The highest BCUT2D eigenvalue weighted by Crippen LogP contribution is 2.18. The molecular formula is C13H13N3O4S. The first kappa shape index (κ1) is 14.9. The number of nitro benzene ring substituents is 1. The number of nitro groups is 1. The minimum absolute atomic E-state index is 0.167. The van der Waals surface area contributed by atoms with Crippen molar-refractivity contribution in [2.24, 2.45) is 0 Å². The fourth-order valence-electron chi connectivity index (χ4n) is 1.70. The van der Waals surface area contributed by atoms with E-state index in [0.717, 1.165) is 6.07 Å². The van der Waals surface area contributed by atoms with Crippen molar-refractivity contribution in [1.29, 1.82) is 0 Å². The molecular weight excluding hydrogens is 294 g/mol. The molecule has 2 rings (SSSR count). The molecule has 0 fully saturated rings. The minimum Gasteiger partial charge on any atom is -0.298 e. The third-order valence-electron chi connectivity index (χ3n) is 2.74. The fourth-order valence-corrected chi connectivity index (χ4v) is 2.81. The molecule has 0 unspecified atom stereocenters. The molecule has 0 heterocycles. The molecule has 0 amide bonds. The Kier molecular flexibility index (Phi) is 4.20. The third-order valence-corrected chi connectivity index (χ3v) is 4.13. The maximum absolute atomic E-state index is 12.2. The zero-order chi connectivity index (χ0) is 15.5. The molecule has 1 N–H and O–H groups in total. The van der Waals surface area contributed by atoms with Gasteiger partial charge < -0.3 is 0 Å². The van der Waals surface area contributed by atoms with Crippen LogP contribution in [-0.4, -0.2) is 20.4 Å². The predicted octanol–water partition coefficient (Wildman–Crippen LogP) is 1.92. The van der Waals surface area contributed by atoms with Gasteiger partial charge >= 0.3 is 0 Å². The van der Waals surface area contributed by atoms with Crippen LogP contribution in [0.5, 0.6) is 0 Å². The molecule has 0 aliphatic heterocycles. The van der Waals surface area contributed by atoms with Gasteiger partial charge in [-0.3, -0.25) is 15.1 Å². The molecule has 0 aromatic heterocycles. The quantitative estimate of drug-likeness (QED) is 0.673. The number of nitrogens with one attached hydrogen (secondary N) is 1. The second-order valence-electron chi connectivity index (χ2n) is 4.24. The highest BCUT2D eigenvalue weighted by atomic mass is 32.2. The summed E-state index contributed by atoms with van der Waals surface area (Å²) >= 11 is 0. The first-order valence-electron chi connectivity index (χ1n) is 5.96. The van der Waals surface area contributed by atoms with Gasteiger partial charge in [0.25, 0.3) is 15.7 Å². The van der Waals surface area contributed by atoms with Crippen LogP contribution in [-0.2, 0) is 10.0 Å². The topological polar surface area (TPSA) is 92.6 Å². The number of benzene rings is 2. The second kappa shape index (κ2) is 5.90. The van der Waals surface area contributed by atoms with Gasteiger partial charge in [0.05, 0.1) is 15.5 Å². The molecule has 0 aliphatic rings. The maximum atomic E-state index is 12.2. The Balaban J connectivity index is 2.26. The van der Waals surface area contributed by atoms with Crippen LogP contribution in [0.15, 0.2) is 59.5 Å². The minimum atomic E-state index is -3.89. The number of anilines is 1. The Hall–Kier alpha value is -2.45. The molecule has 110 valence electrons. The standard InChI is InChI=1S/C13H13N3O4S/c1-15(11-6-3-2-4-7-11)14-21(19,20)13-9-5-8-12(10-13)16(17)18/h2-10,14H,1H3. The van der Waals surface area contributed by atoms with E-state index in [1.165, 1.54) is 23.2 Å². The Bertz CT molecular complexity index is 747. The van der Waals surface area contributed by atoms with Crippen molar-refractivity contribution in [2.45, 2.75) is 4.90 Å². The lowest BCUT2D eigenvalue weighted by Crippen LogP contribution is -2.39. The zero-order valence-electron chi connectivity index (χ0n) is 11.1. The second-order valence-corrected chi connectivity index (χ2v) is 5.90. The maximum Gasteiger partial charge on any atom is 0.270 e. The summed E-state index contributed by atoms with van der Waals surface area (Å²) < 4.78 is 24.4. The molecule has 0 saturated carbocycles. The van der Waals surface area contributed by atoms with Gasteiger partial charge in [0.15, 0.2) is 0 Å². The summed E-state index contributed by atoms with van der Waals surface area (Å²) in [6.07, 6.45) is 0. The van der Waals surface area contributed by atoms with Crippen molar-refractivity contribution in [3.63, 3.8) is 0 Å².